The summed E-state index contributed by atoms with van der Waals surface area (Å²) in [6.45, 7) is 4.36. The number of carbonyl (C=O) groups excluding carboxylic acids is 1. The number of nitrogens with one attached hydrogen (secondary N) is 1. The van der Waals surface area contributed by atoms with Gasteiger partial charge in [-0.25, -0.2) is 4.57 Å². The topological polar surface area (TPSA) is 105 Å². The van der Waals surface area contributed by atoms with Crippen molar-refractivity contribution >= 4 is 13.7 Å². The van der Waals surface area contributed by atoms with Crippen molar-refractivity contribution in [1.29, 1.82) is 0 Å². The molecule has 0 aliphatic carbocycles. The number of phosphoric ester groups is 1. The summed E-state index contributed by atoms with van der Waals surface area (Å²) >= 11 is 0. The van der Waals surface area contributed by atoms with Crippen LogP contribution in [0.25, 0.3) is 0 Å². The molecule has 0 aromatic heterocycles. The highest BCUT2D eigenvalue weighted by atomic mass is 31.2. The quantitative estimate of drug-likeness (QED) is 0.0794. The molecule has 0 rings (SSSR count). The maximum atomic E-state index is 12.2. The Hall–Kier alpha value is -1.02. The molecule has 0 spiro atoms. The van der Waals surface area contributed by atoms with E-state index in [0.29, 0.717) is 23.9 Å². The van der Waals surface area contributed by atoms with Crippen LogP contribution in [0.3, 0.4) is 0 Å². The lowest BCUT2D eigenvalue weighted by Crippen LogP contribution is -2.45. The van der Waals surface area contributed by atoms with Crippen LogP contribution in [0.4, 0.5) is 0 Å². The van der Waals surface area contributed by atoms with Gasteiger partial charge in [0.2, 0.25) is 5.91 Å². The van der Waals surface area contributed by atoms with Gasteiger partial charge in [0.1, 0.15) is 13.2 Å². The molecule has 8 nitrogen and oxygen atoms in total. The van der Waals surface area contributed by atoms with E-state index in [4.69, 9.17) is 9.05 Å². The van der Waals surface area contributed by atoms with Gasteiger partial charge in [0.25, 0.3) is 0 Å². The zero-order valence-electron chi connectivity index (χ0n) is 22.8. The Morgan fingerprint density at radius 3 is 2.23 bits per heavy atom. The van der Waals surface area contributed by atoms with Crippen LogP contribution in [0.5, 0.6) is 0 Å². The molecule has 0 heterocycles. The van der Waals surface area contributed by atoms with Crippen LogP contribution >= 0.6 is 7.82 Å². The van der Waals surface area contributed by atoms with Crippen molar-refractivity contribution < 1.29 is 32.9 Å². The number of allylic oxidation sites excluding steroid dienone is 3. The molecular formula is C26H52N2O6P+. The Morgan fingerprint density at radius 1 is 0.943 bits per heavy atom. The Morgan fingerprint density at radius 2 is 1.57 bits per heavy atom. The van der Waals surface area contributed by atoms with E-state index in [1.807, 2.05) is 34.1 Å². The number of hydrogen-bond acceptors (Lipinski definition) is 5. The third-order valence-electron chi connectivity index (χ3n) is 5.39. The summed E-state index contributed by atoms with van der Waals surface area (Å²) in [5.41, 5.74) is 0. The maximum Gasteiger partial charge on any atom is 0.472 e. The highest BCUT2D eigenvalue weighted by Crippen LogP contribution is 2.43. The van der Waals surface area contributed by atoms with Gasteiger partial charge in [0.05, 0.1) is 39.9 Å². The smallest absolute Gasteiger partial charge is 0.387 e. The van der Waals surface area contributed by atoms with Crippen molar-refractivity contribution in [2.45, 2.75) is 96.6 Å². The molecule has 0 fully saturated rings. The molecule has 206 valence electrons. The molecule has 0 aliphatic rings. The number of nitrogens with zero attached hydrogens (tertiary/aromatic N) is 1. The largest absolute Gasteiger partial charge is 0.472 e. The molecule has 35 heavy (non-hydrogen) atoms. The average Bonchev–Trinajstić information content (AvgIpc) is 2.76. The Labute approximate surface area is 214 Å². The predicted octanol–water partition coefficient (Wildman–Crippen LogP) is 5.12. The summed E-state index contributed by atoms with van der Waals surface area (Å²) in [5, 5.41) is 13.2. The van der Waals surface area contributed by atoms with Gasteiger partial charge >= 0.3 is 7.82 Å². The molecule has 0 aromatic carbocycles. The second kappa shape index (κ2) is 20.1. The van der Waals surface area contributed by atoms with Crippen molar-refractivity contribution in [3.05, 3.63) is 24.3 Å². The standard InChI is InChI=1S/C26H51N2O6P/c1-6-8-9-10-11-12-13-14-15-16-17-18-20-25(29)24(27-26(30)19-7-2)23-34-35(31,32)33-22-21-28(3,4)5/h14-15,18,20,24-25,29H,6-13,16-17,19,21-23H2,1-5H3,(H-,27,30,31,32)/p+1/b15-14+,20-18+. The van der Waals surface area contributed by atoms with E-state index in [1.165, 1.54) is 38.5 Å². The van der Waals surface area contributed by atoms with E-state index >= 15 is 0 Å². The molecule has 0 aromatic rings. The first-order valence-corrected chi connectivity index (χ1v) is 14.7. The number of hydrogen-bond donors (Lipinski definition) is 3. The van der Waals surface area contributed by atoms with Gasteiger partial charge < -0.3 is 19.8 Å². The maximum absolute atomic E-state index is 12.2. The number of aliphatic hydroxyl groups is 1. The van der Waals surface area contributed by atoms with Crippen molar-refractivity contribution in [1.82, 2.24) is 5.32 Å². The second-order valence-electron chi connectivity index (χ2n) is 10.1. The third-order valence-corrected chi connectivity index (χ3v) is 6.38. The molecule has 3 unspecified atom stereocenters. The van der Waals surface area contributed by atoms with Crippen LogP contribution in [-0.4, -0.2) is 73.4 Å². The van der Waals surface area contributed by atoms with Crippen molar-refractivity contribution in [3.8, 4) is 0 Å². The van der Waals surface area contributed by atoms with Crippen LogP contribution in [-0.2, 0) is 18.4 Å². The number of unbranched alkanes of at least 4 members (excludes halogenated alkanes) is 7. The molecule has 3 atom stereocenters. The lowest BCUT2D eigenvalue weighted by atomic mass is 10.1. The van der Waals surface area contributed by atoms with Gasteiger partial charge in [-0.05, 0) is 32.1 Å². The van der Waals surface area contributed by atoms with Crippen LogP contribution < -0.4 is 5.32 Å². The Kier molecular flexibility index (Phi) is 19.5. The predicted molar refractivity (Wildman–Crippen MR) is 143 cm³/mol. The van der Waals surface area contributed by atoms with Gasteiger partial charge in [-0.2, -0.15) is 0 Å². The molecule has 3 N–H and O–H groups in total. The first-order chi connectivity index (χ1) is 16.5. The summed E-state index contributed by atoms with van der Waals surface area (Å²) in [5.74, 6) is -0.245. The molecule has 9 heteroatoms. The first-order valence-electron chi connectivity index (χ1n) is 13.2. The number of phosphoric acid groups is 1. The first kappa shape index (κ1) is 34.0. The fourth-order valence-electron chi connectivity index (χ4n) is 3.21. The molecule has 1 amide bonds. The number of likely N-dealkylation sites (N-methyl/N-ethyl adjacent to an activating group) is 1. The van der Waals surface area contributed by atoms with Gasteiger partial charge in [0, 0.05) is 6.42 Å². The minimum absolute atomic E-state index is 0.0545. The molecule has 0 bridgehead atoms. The van der Waals surface area contributed by atoms with Gasteiger partial charge in [-0.15, -0.1) is 0 Å². The normalized spacial score (nSPS) is 16.0. The van der Waals surface area contributed by atoms with Crippen LogP contribution in [0.2, 0.25) is 0 Å². The zero-order chi connectivity index (χ0) is 26.6. The molecule has 0 saturated heterocycles. The Bertz CT molecular complexity index is 648. The molecule has 0 radical (unpaired) electrons. The van der Waals surface area contributed by atoms with Crippen molar-refractivity contribution in [2.24, 2.45) is 0 Å². The number of quaternary nitrogens is 1. The van der Waals surface area contributed by atoms with E-state index < -0.39 is 20.0 Å². The van der Waals surface area contributed by atoms with Gasteiger partial charge in [0.15, 0.2) is 0 Å². The minimum atomic E-state index is -4.30. The lowest BCUT2D eigenvalue weighted by molar-refractivity contribution is -0.870. The summed E-state index contributed by atoms with van der Waals surface area (Å²) in [7, 11) is 1.54. The molecule has 0 aliphatic heterocycles. The zero-order valence-corrected chi connectivity index (χ0v) is 23.7. The van der Waals surface area contributed by atoms with Crippen LogP contribution in [0.1, 0.15) is 84.5 Å². The van der Waals surface area contributed by atoms with E-state index in [9.17, 15) is 19.4 Å². The van der Waals surface area contributed by atoms with Gasteiger partial charge in [-0.1, -0.05) is 70.3 Å². The number of aliphatic hydroxyl groups excluding tert-OH is 1. The molecule has 0 saturated carbocycles. The number of rotatable bonds is 22. The fraction of sp³-hybridized carbons (Fsp3) is 0.808. The second-order valence-corrected chi connectivity index (χ2v) is 11.5. The highest BCUT2D eigenvalue weighted by Gasteiger charge is 2.27. The van der Waals surface area contributed by atoms with Crippen LogP contribution in [0.15, 0.2) is 24.3 Å². The number of carbonyl (C=O) groups is 1. The Balaban J connectivity index is 4.52. The van der Waals surface area contributed by atoms with E-state index in [2.05, 4.69) is 24.4 Å². The summed E-state index contributed by atoms with van der Waals surface area (Å²) in [6.07, 6.45) is 18.2. The lowest BCUT2D eigenvalue weighted by Gasteiger charge is -2.25. The van der Waals surface area contributed by atoms with E-state index in [1.54, 1.807) is 6.08 Å². The van der Waals surface area contributed by atoms with Crippen molar-refractivity contribution in [3.63, 3.8) is 0 Å². The van der Waals surface area contributed by atoms with E-state index in [-0.39, 0.29) is 19.1 Å². The van der Waals surface area contributed by atoms with E-state index in [0.717, 1.165) is 19.3 Å². The van der Waals surface area contributed by atoms with Crippen LogP contribution in [0, 0.1) is 0 Å². The summed E-state index contributed by atoms with van der Waals surface area (Å²) in [6, 6.07) is -0.851. The fourth-order valence-corrected chi connectivity index (χ4v) is 3.95. The monoisotopic (exact) mass is 519 g/mol. The highest BCUT2D eigenvalue weighted by molar-refractivity contribution is 7.47. The van der Waals surface area contributed by atoms with Gasteiger partial charge in [-0.3, -0.25) is 13.8 Å². The molecular weight excluding hydrogens is 467 g/mol. The summed E-state index contributed by atoms with van der Waals surface area (Å²) in [4.78, 5) is 22.0. The third kappa shape index (κ3) is 21.9. The SMILES string of the molecule is CCCCCCCC/C=C/CC/C=C/C(O)C(COP(=O)(O)OCC[N+](C)(C)C)NC(=O)CCC. The van der Waals surface area contributed by atoms with Crippen molar-refractivity contribution in [2.75, 3.05) is 40.9 Å². The minimum Gasteiger partial charge on any atom is -0.387 e. The number of amides is 1. The summed E-state index contributed by atoms with van der Waals surface area (Å²) < 4.78 is 22.9. The average molecular weight is 520 g/mol.